The minimum Gasteiger partial charge on any atom is -0.341 e. The fourth-order valence-electron chi connectivity index (χ4n) is 3.07. The van der Waals surface area contributed by atoms with Gasteiger partial charge in [0.1, 0.15) is 0 Å². The van der Waals surface area contributed by atoms with Crippen LogP contribution < -0.4 is 5.32 Å². The minimum atomic E-state index is -0.169. The van der Waals surface area contributed by atoms with Crippen molar-refractivity contribution in [3.63, 3.8) is 0 Å². The minimum absolute atomic E-state index is 0.0673. The average molecular weight is 421 g/mol. The van der Waals surface area contributed by atoms with Gasteiger partial charge < -0.3 is 15.1 Å². The van der Waals surface area contributed by atoms with Crippen molar-refractivity contribution in [2.45, 2.75) is 32.6 Å². The maximum atomic E-state index is 12.7. The van der Waals surface area contributed by atoms with E-state index in [1.807, 2.05) is 10.3 Å². The van der Waals surface area contributed by atoms with E-state index in [0.717, 1.165) is 17.1 Å². The van der Waals surface area contributed by atoms with E-state index in [1.165, 1.54) is 0 Å². The van der Waals surface area contributed by atoms with Crippen molar-refractivity contribution in [3.8, 4) is 0 Å². The highest BCUT2D eigenvalue weighted by atomic mass is 35.5. The number of rotatable bonds is 4. The molecular weight excluding hydrogens is 396 g/mol. The molecule has 0 bridgehead atoms. The Morgan fingerprint density at radius 2 is 1.96 bits per heavy atom. The van der Waals surface area contributed by atoms with Gasteiger partial charge in [0.2, 0.25) is 5.91 Å². The number of hydrogen-bond acceptors (Lipinski definition) is 4. The number of amides is 3. The number of halogens is 1. The van der Waals surface area contributed by atoms with Crippen molar-refractivity contribution < 1.29 is 9.59 Å². The van der Waals surface area contributed by atoms with Gasteiger partial charge in [-0.25, -0.2) is 9.78 Å². The second kappa shape index (κ2) is 9.39. The number of hydrogen-bond donors (Lipinski definition) is 1. The number of anilines is 1. The number of carbonyl (C=O) groups is 2. The van der Waals surface area contributed by atoms with E-state index in [0.29, 0.717) is 49.2 Å². The molecule has 6 nitrogen and oxygen atoms in total. The molecule has 2 heterocycles. The number of aromatic nitrogens is 1. The van der Waals surface area contributed by atoms with E-state index < -0.39 is 0 Å². The molecule has 0 saturated carbocycles. The maximum Gasteiger partial charge on any atom is 0.321 e. The monoisotopic (exact) mass is 420 g/mol. The Bertz CT molecular complexity index is 839. The molecule has 8 heteroatoms. The van der Waals surface area contributed by atoms with Crippen LogP contribution in [0.1, 0.15) is 36.9 Å². The molecule has 1 saturated heterocycles. The van der Waals surface area contributed by atoms with Gasteiger partial charge in [-0.1, -0.05) is 31.5 Å². The smallest absolute Gasteiger partial charge is 0.321 e. The summed E-state index contributed by atoms with van der Waals surface area (Å²) in [4.78, 5) is 33.3. The first-order chi connectivity index (χ1) is 13.4. The normalized spacial score (nSPS) is 14.9. The van der Waals surface area contributed by atoms with Crippen LogP contribution in [0.5, 0.6) is 0 Å². The summed E-state index contributed by atoms with van der Waals surface area (Å²) >= 11 is 7.57. The van der Waals surface area contributed by atoms with Crippen molar-refractivity contribution in [3.05, 3.63) is 45.4 Å². The van der Waals surface area contributed by atoms with E-state index in [2.05, 4.69) is 24.1 Å². The highest BCUT2D eigenvalue weighted by Gasteiger charge is 2.23. The summed E-state index contributed by atoms with van der Waals surface area (Å²) in [5.41, 5.74) is 1.50. The van der Waals surface area contributed by atoms with Crippen LogP contribution >= 0.6 is 22.9 Å². The fraction of sp³-hybridized carbons (Fsp3) is 0.450. The molecule has 2 aromatic rings. The van der Waals surface area contributed by atoms with Gasteiger partial charge in [0, 0.05) is 48.2 Å². The Hall–Kier alpha value is -2.12. The van der Waals surface area contributed by atoms with Crippen LogP contribution in [-0.4, -0.2) is 52.9 Å². The van der Waals surface area contributed by atoms with Crippen molar-refractivity contribution in [2.24, 2.45) is 0 Å². The van der Waals surface area contributed by atoms with Gasteiger partial charge in [-0.15, -0.1) is 11.3 Å². The summed E-state index contributed by atoms with van der Waals surface area (Å²) in [5, 5.41) is 6.47. The van der Waals surface area contributed by atoms with Crippen molar-refractivity contribution >= 4 is 40.6 Å². The second-order valence-corrected chi connectivity index (χ2v) is 8.50. The van der Waals surface area contributed by atoms with E-state index in [4.69, 9.17) is 11.6 Å². The van der Waals surface area contributed by atoms with Crippen LogP contribution in [-0.2, 0) is 11.2 Å². The van der Waals surface area contributed by atoms with Crippen LogP contribution in [0.3, 0.4) is 0 Å². The van der Waals surface area contributed by atoms with Crippen molar-refractivity contribution in [1.29, 1.82) is 0 Å². The number of nitrogens with zero attached hydrogens (tertiary/aromatic N) is 3. The first kappa shape index (κ1) is 20.6. The number of thiazole rings is 1. The van der Waals surface area contributed by atoms with Gasteiger partial charge in [-0.2, -0.15) is 0 Å². The van der Waals surface area contributed by atoms with Crippen molar-refractivity contribution in [2.75, 3.05) is 31.5 Å². The van der Waals surface area contributed by atoms with E-state index in [1.54, 1.807) is 40.5 Å². The Morgan fingerprint density at radius 1 is 1.21 bits per heavy atom. The third-order valence-electron chi connectivity index (χ3n) is 4.61. The number of carbonyl (C=O) groups excluding carboxylic acids is 2. The first-order valence-electron chi connectivity index (χ1n) is 9.46. The Morgan fingerprint density at radius 3 is 2.68 bits per heavy atom. The first-order valence-corrected chi connectivity index (χ1v) is 10.7. The number of benzene rings is 1. The molecule has 1 aromatic heterocycles. The lowest BCUT2D eigenvalue weighted by atomic mass is 10.2. The Kier molecular flexibility index (Phi) is 6.91. The molecule has 3 amide bonds. The zero-order valence-electron chi connectivity index (χ0n) is 16.2. The topological polar surface area (TPSA) is 65.5 Å². The van der Waals surface area contributed by atoms with Crippen LogP contribution in [0.4, 0.5) is 10.5 Å². The summed E-state index contributed by atoms with van der Waals surface area (Å²) in [5.74, 6) is 0.441. The number of urea groups is 1. The summed E-state index contributed by atoms with van der Waals surface area (Å²) in [6.07, 6.45) is 1.07. The molecule has 0 atom stereocenters. The van der Waals surface area contributed by atoms with Gasteiger partial charge in [-0.3, -0.25) is 4.79 Å². The van der Waals surface area contributed by atoms with Crippen LogP contribution in [0.25, 0.3) is 0 Å². The lowest BCUT2D eigenvalue weighted by molar-refractivity contribution is -0.130. The molecule has 0 spiro atoms. The standard InChI is InChI=1S/C20H25ClN4O2S/c1-14(2)19-22-17(13-28-19)12-18(26)24-7-4-8-25(10-9-24)20(27)23-16-6-3-5-15(21)11-16/h3,5-6,11,13-14H,4,7-10,12H2,1-2H3,(H,23,27). The van der Waals surface area contributed by atoms with Gasteiger partial charge in [0.15, 0.2) is 0 Å². The third kappa shape index (κ3) is 5.45. The SMILES string of the molecule is CC(C)c1nc(CC(=O)N2CCCN(C(=O)Nc3cccc(Cl)c3)CC2)cs1. The second-order valence-electron chi connectivity index (χ2n) is 7.17. The van der Waals surface area contributed by atoms with Gasteiger partial charge >= 0.3 is 6.03 Å². The van der Waals surface area contributed by atoms with Crippen LogP contribution in [0.15, 0.2) is 29.6 Å². The molecule has 1 N–H and O–H groups in total. The Balaban J connectivity index is 1.53. The lowest BCUT2D eigenvalue weighted by Crippen LogP contribution is -2.39. The highest BCUT2D eigenvalue weighted by molar-refractivity contribution is 7.09. The summed E-state index contributed by atoms with van der Waals surface area (Å²) < 4.78 is 0. The summed E-state index contributed by atoms with van der Waals surface area (Å²) in [7, 11) is 0. The number of nitrogens with one attached hydrogen (secondary N) is 1. The molecule has 3 rings (SSSR count). The molecule has 1 aliphatic rings. The molecule has 1 aromatic carbocycles. The predicted octanol–water partition coefficient (Wildman–Crippen LogP) is 4.23. The molecule has 0 radical (unpaired) electrons. The van der Waals surface area contributed by atoms with E-state index in [9.17, 15) is 9.59 Å². The molecule has 1 aliphatic heterocycles. The molecule has 28 heavy (non-hydrogen) atoms. The van der Waals surface area contributed by atoms with E-state index >= 15 is 0 Å². The lowest BCUT2D eigenvalue weighted by Gasteiger charge is -2.22. The molecule has 1 fully saturated rings. The van der Waals surface area contributed by atoms with Gasteiger partial charge in [0.05, 0.1) is 17.1 Å². The fourth-order valence-corrected chi connectivity index (χ4v) is 4.10. The molecule has 0 unspecified atom stereocenters. The van der Waals surface area contributed by atoms with Gasteiger partial charge in [-0.05, 0) is 24.6 Å². The largest absolute Gasteiger partial charge is 0.341 e. The average Bonchev–Trinajstić information content (AvgIpc) is 2.97. The zero-order valence-corrected chi connectivity index (χ0v) is 17.7. The molecule has 0 aliphatic carbocycles. The van der Waals surface area contributed by atoms with Crippen molar-refractivity contribution in [1.82, 2.24) is 14.8 Å². The summed E-state index contributed by atoms with van der Waals surface area (Å²) in [6.45, 7) is 6.51. The Labute approximate surface area is 174 Å². The van der Waals surface area contributed by atoms with Crippen LogP contribution in [0.2, 0.25) is 5.02 Å². The molecular formula is C20H25ClN4O2S. The zero-order chi connectivity index (χ0) is 20.1. The predicted molar refractivity (Wildman–Crippen MR) is 113 cm³/mol. The highest BCUT2D eigenvalue weighted by Crippen LogP contribution is 2.20. The van der Waals surface area contributed by atoms with Gasteiger partial charge in [0.25, 0.3) is 0 Å². The molecule has 150 valence electrons. The quantitative estimate of drug-likeness (QED) is 0.804. The third-order valence-corrected chi connectivity index (χ3v) is 6.04. The van der Waals surface area contributed by atoms with E-state index in [-0.39, 0.29) is 11.9 Å². The maximum absolute atomic E-state index is 12.7. The summed E-state index contributed by atoms with van der Waals surface area (Å²) in [6, 6.07) is 6.91. The van der Waals surface area contributed by atoms with Crippen LogP contribution in [0, 0.1) is 0 Å².